The van der Waals surface area contributed by atoms with Crippen LogP contribution < -0.4 is 5.73 Å². The summed E-state index contributed by atoms with van der Waals surface area (Å²) in [6.45, 7) is 0.994. The van der Waals surface area contributed by atoms with Crippen molar-refractivity contribution in [2.24, 2.45) is 5.73 Å². The van der Waals surface area contributed by atoms with Crippen molar-refractivity contribution >= 4 is 5.91 Å². The molecule has 0 spiro atoms. The zero-order valence-electron chi connectivity index (χ0n) is 10.8. The molecule has 4 nitrogen and oxygen atoms in total. The molecule has 1 aromatic rings. The molecule has 0 unspecified atom stereocenters. The molecule has 0 aliphatic heterocycles. The number of phenols is 1. The summed E-state index contributed by atoms with van der Waals surface area (Å²) in [6.07, 6.45) is 3.63. The van der Waals surface area contributed by atoms with Gasteiger partial charge in [-0.05, 0) is 44.4 Å². The maximum Gasteiger partial charge on any atom is 0.260 e. The molecular formula is C14H19FN2O2. The lowest BCUT2D eigenvalue weighted by Gasteiger charge is -2.37. The van der Waals surface area contributed by atoms with Crippen molar-refractivity contribution in [3.05, 3.63) is 29.6 Å². The van der Waals surface area contributed by atoms with Crippen molar-refractivity contribution in [1.82, 2.24) is 4.90 Å². The summed E-state index contributed by atoms with van der Waals surface area (Å²) < 4.78 is 13.7. The van der Waals surface area contributed by atoms with E-state index in [0.29, 0.717) is 19.5 Å². The second kappa shape index (κ2) is 6.02. The number of carbonyl (C=O) groups excluding carboxylic acids is 1. The van der Waals surface area contributed by atoms with E-state index in [9.17, 15) is 14.3 Å². The van der Waals surface area contributed by atoms with Gasteiger partial charge in [0.05, 0.1) is 0 Å². The molecule has 0 radical (unpaired) electrons. The number of nitrogens with two attached hydrogens (primary N) is 1. The summed E-state index contributed by atoms with van der Waals surface area (Å²) in [7, 11) is 0. The number of nitrogens with zero attached hydrogens (tertiary/aromatic N) is 1. The first kappa shape index (κ1) is 13.8. The van der Waals surface area contributed by atoms with Crippen molar-refractivity contribution < 1.29 is 14.3 Å². The van der Waals surface area contributed by atoms with E-state index in [-0.39, 0.29) is 17.4 Å². The molecule has 5 heteroatoms. The van der Waals surface area contributed by atoms with Gasteiger partial charge in [0, 0.05) is 12.6 Å². The van der Waals surface area contributed by atoms with Gasteiger partial charge in [-0.15, -0.1) is 0 Å². The number of aromatic hydroxyl groups is 1. The second-order valence-electron chi connectivity index (χ2n) is 4.86. The van der Waals surface area contributed by atoms with Crippen molar-refractivity contribution in [3.8, 4) is 5.75 Å². The van der Waals surface area contributed by atoms with Gasteiger partial charge in [-0.25, -0.2) is 4.39 Å². The van der Waals surface area contributed by atoms with Gasteiger partial charge in [-0.1, -0.05) is 6.07 Å². The monoisotopic (exact) mass is 266 g/mol. The molecule has 3 N–H and O–H groups in total. The van der Waals surface area contributed by atoms with E-state index in [0.717, 1.165) is 19.3 Å². The van der Waals surface area contributed by atoms with Gasteiger partial charge in [-0.2, -0.15) is 0 Å². The Hall–Kier alpha value is -1.62. The van der Waals surface area contributed by atoms with Crippen LogP contribution in [0.1, 0.15) is 36.0 Å². The third kappa shape index (κ3) is 2.87. The molecule has 19 heavy (non-hydrogen) atoms. The van der Waals surface area contributed by atoms with E-state index in [1.165, 1.54) is 18.2 Å². The van der Waals surface area contributed by atoms with Crippen molar-refractivity contribution in [3.63, 3.8) is 0 Å². The lowest BCUT2D eigenvalue weighted by molar-refractivity contribution is 0.0570. The van der Waals surface area contributed by atoms with Crippen LogP contribution in [0, 0.1) is 5.82 Å². The van der Waals surface area contributed by atoms with Crippen LogP contribution in [0.5, 0.6) is 5.75 Å². The number of phenolic OH excluding ortho intramolecular Hbond substituents is 1. The van der Waals surface area contributed by atoms with Crippen LogP contribution in [-0.4, -0.2) is 35.0 Å². The summed E-state index contributed by atoms with van der Waals surface area (Å²) in [6, 6.07) is 4.06. The molecule has 0 saturated heterocycles. The van der Waals surface area contributed by atoms with E-state index in [2.05, 4.69) is 0 Å². The second-order valence-corrected chi connectivity index (χ2v) is 4.86. The molecule has 1 aliphatic rings. The van der Waals surface area contributed by atoms with E-state index in [1.54, 1.807) is 4.90 Å². The van der Waals surface area contributed by atoms with Crippen molar-refractivity contribution in [1.29, 1.82) is 0 Å². The van der Waals surface area contributed by atoms with Gasteiger partial charge < -0.3 is 15.7 Å². The number of benzene rings is 1. The smallest absolute Gasteiger partial charge is 0.260 e. The molecule has 2 rings (SSSR count). The number of rotatable bonds is 5. The average molecular weight is 266 g/mol. The molecule has 0 atom stereocenters. The fraction of sp³-hybridized carbons (Fsp3) is 0.500. The zero-order chi connectivity index (χ0) is 13.8. The highest BCUT2D eigenvalue weighted by Crippen LogP contribution is 2.29. The Bertz CT molecular complexity index is 441. The van der Waals surface area contributed by atoms with Crippen LogP contribution in [0.4, 0.5) is 4.39 Å². The molecule has 0 bridgehead atoms. The summed E-state index contributed by atoms with van der Waals surface area (Å²) in [5.74, 6) is -1.42. The maximum atomic E-state index is 13.7. The van der Waals surface area contributed by atoms with Gasteiger partial charge in [-0.3, -0.25) is 4.79 Å². The molecule has 1 aliphatic carbocycles. The zero-order valence-corrected chi connectivity index (χ0v) is 10.8. The Balaban J connectivity index is 2.22. The number of hydrogen-bond acceptors (Lipinski definition) is 3. The third-order valence-electron chi connectivity index (χ3n) is 3.58. The van der Waals surface area contributed by atoms with Crippen LogP contribution in [0.15, 0.2) is 18.2 Å². The lowest BCUT2D eigenvalue weighted by atomic mass is 9.90. The predicted molar refractivity (Wildman–Crippen MR) is 70.4 cm³/mol. The Morgan fingerprint density at radius 1 is 1.47 bits per heavy atom. The lowest BCUT2D eigenvalue weighted by Crippen LogP contribution is -2.45. The number of carbonyl (C=O) groups is 1. The molecule has 1 fully saturated rings. The molecule has 1 aromatic carbocycles. The molecule has 104 valence electrons. The minimum Gasteiger partial charge on any atom is -0.507 e. The van der Waals surface area contributed by atoms with Crippen molar-refractivity contribution in [2.75, 3.05) is 13.1 Å². The Kier molecular flexibility index (Phi) is 4.37. The molecule has 0 heterocycles. The van der Waals surface area contributed by atoms with Gasteiger partial charge >= 0.3 is 0 Å². The summed E-state index contributed by atoms with van der Waals surface area (Å²) >= 11 is 0. The fourth-order valence-electron chi connectivity index (χ4n) is 2.28. The molecule has 1 saturated carbocycles. The Morgan fingerprint density at radius 3 is 2.74 bits per heavy atom. The molecular weight excluding hydrogens is 247 g/mol. The number of amides is 1. The first-order valence-electron chi connectivity index (χ1n) is 6.63. The van der Waals surface area contributed by atoms with E-state index in [1.807, 2.05) is 0 Å². The van der Waals surface area contributed by atoms with Crippen LogP contribution in [0.2, 0.25) is 0 Å². The minimum absolute atomic E-state index is 0.151. The standard InChI is InChI=1S/C14H19FN2O2/c15-11-6-2-7-12(18)13(11)14(19)17(9-3-8-16)10-4-1-5-10/h2,6-7,10,18H,1,3-5,8-9,16H2. The predicted octanol–water partition coefficient (Wildman–Crippen LogP) is 1.87. The number of hydrogen-bond donors (Lipinski definition) is 2. The Labute approximate surface area is 112 Å². The van der Waals surface area contributed by atoms with Crippen LogP contribution in [0.3, 0.4) is 0 Å². The first-order chi connectivity index (χ1) is 9.15. The van der Waals surface area contributed by atoms with Gasteiger partial charge in [0.15, 0.2) is 0 Å². The molecule has 0 aromatic heterocycles. The first-order valence-corrected chi connectivity index (χ1v) is 6.63. The highest BCUT2D eigenvalue weighted by atomic mass is 19.1. The summed E-state index contributed by atoms with van der Waals surface area (Å²) in [5, 5.41) is 9.70. The van der Waals surface area contributed by atoms with Crippen LogP contribution in [0.25, 0.3) is 0 Å². The van der Waals surface area contributed by atoms with Crippen LogP contribution >= 0.6 is 0 Å². The average Bonchev–Trinajstić information content (AvgIpc) is 2.31. The molecule has 1 amide bonds. The van der Waals surface area contributed by atoms with E-state index < -0.39 is 11.7 Å². The normalized spacial score (nSPS) is 15.1. The topological polar surface area (TPSA) is 66.6 Å². The number of halogens is 1. The summed E-state index contributed by atoms with van der Waals surface area (Å²) in [5.41, 5.74) is 5.24. The van der Waals surface area contributed by atoms with Crippen molar-refractivity contribution in [2.45, 2.75) is 31.7 Å². The van der Waals surface area contributed by atoms with Crippen LogP contribution in [-0.2, 0) is 0 Å². The summed E-state index contributed by atoms with van der Waals surface area (Å²) in [4.78, 5) is 14.1. The Morgan fingerprint density at radius 2 is 2.21 bits per heavy atom. The quantitative estimate of drug-likeness (QED) is 0.855. The van der Waals surface area contributed by atoms with E-state index in [4.69, 9.17) is 5.73 Å². The van der Waals surface area contributed by atoms with E-state index >= 15 is 0 Å². The minimum atomic E-state index is -0.679. The highest BCUT2D eigenvalue weighted by Gasteiger charge is 2.31. The van der Waals surface area contributed by atoms with Gasteiger partial charge in [0.2, 0.25) is 0 Å². The van der Waals surface area contributed by atoms with Gasteiger partial charge in [0.1, 0.15) is 17.1 Å². The SMILES string of the molecule is NCCCN(C(=O)c1c(O)cccc1F)C1CCC1. The largest absolute Gasteiger partial charge is 0.507 e. The fourth-order valence-corrected chi connectivity index (χ4v) is 2.28. The highest BCUT2D eigenvalue weighted by molar-refractivity contribution is 5.97. The van der Waals surface area contributed by atoms with Gasteiger partial charge in [0.25, 0.3) is 5.91 Å². The third-order valence-corrected chi connectivity index (χ3v) is 3.58. The maximum absolute atomic E-state index is 13.7.